The second-order valence-corrected chi connectivity index (χ2v) is 5.22. The molecule has 0 amide bonds. The van der Waals surface area contributed by atoms with Crippen molar-refractivity contribution in [3.63, 3.8) is 0 Å². The zero-order chi connectivity index (χ0) is 14.7. The highest BCUT2D eigenvalue weighted by Crippen LogP contribution is 2.21. The van der Waals surface area contributed by atoms with Gasteiger partial charge >= 0.3 is 0 Å². The molecule has 2 aromatic rings. The minimum Gasteiger partial charge on any atom is -0.399 e. The summed E-state index contributed by atoms with van der Waals surface area (Å²) in [6, 6.07) is 18.0. The van der Waals surface area contributed by atoms with Crippen LogP contribution in [-0.2, 0) is 0 Å². The van der Waals surface area contributed by atoms with Crippen LogP contribution in [0.4, 0.5) is 17.1 Å². The van der Waals surface area contributed by atoms with Crippen LogP contribution in [-0.4, -0.2) is 26.2 Å². The molecule has 1 aliphatic rings. The molecule has 21 heavy (non-hydrogen) atoms. The molecule has 0 bridgehead atoms. The molecule has 1 aliphatic heterocycles. The predicted octanol–water partition coefficient (Wildman–Crippen LogP) is 2.47. The van der Waals surface area contributed by atoms with E-state index in [1.807, 2.05) is 36.4 Å². The van der Waals surface area contributed by atoms with Crippen molar-refractivity contribution in [1.29, 1.82) is 5.26 Å². The summed E-state index contributed by atoms with van der Waals surface area (Å²) in [4.78, 5) is 4.73. The Morgan fingerprint density at radius 1 is 0.762 bits per heavy atom. The van der Waals surface area contributed by atoms with E-state index in [4.69, 9.17) is 11.0 Å². The molecule has 1 heterocycles. The van der Waals surface area contributed by atoms with Gasteiger partial charge in [0.1, 0.15) is 0 Å². The van der Waals surface area contributed by atoms with Crippen LogP contribution in [0.25, 0.3) is 0 Å². The number of hydrogen-bond acceptors (Lipinski definition) is 4. The Labute approximate surface area is 125 Å². The normalized spacial score (nSPS) is 14.8. The predicted molar refractivity (Wildman–Crippen MR) is 86.4 cm³/mol. The molecule has 4 nitrogen and oxygen atoms in total. The number of anilines is 3. The maximum atomic E-state index is 8.84. The fraction of sp³-hybridized carbons (Fsp3) is 0.235. The van der Waals surface area contributed by atoms with E-state index in [0.29, 0.717) is 5.56 Å². The molecule has 0 atom stereocenters. The van der Waals surface area contributed by atoms with Crippen LogP contribution in [0, 0.1) is 11.3 Å². The molecule has 3 rings (SSSR count). The topological polar surface area (TPSA) is 56.3 Å². The van der Waals surface area contributed by atoms with Crippen molar-refractivity contribution in [2.24, 2.45) is 0 Å². The van der Waals surface area contributed by atoms with Gasteiger partial charge in [0, 0.05) is 43.2 Å². The number of nitrogen functional groups attached to an aromatic ring is 1. The van der Waals surface area contributed by atoms with Gasteiger partial charge in [0.15, 0.2) is 0 Å². The van der Waals surface area contributed by atoms with Gasteiger partial charge in [0.25, 0.3) is 0 Å². The van der Waals surface area contributed by atoms with Crippen molar-refractivity contribution in [1.82, 2.24) is 0 Å². The molecule has 0 aliphatic carbocycles. The lowest BCUT2D eigenvalue weighted by molar-refractivity contribution is 0.653. The maximum Gasteiger partial charge on any atom is 0.0991 e. The molecular formula is C17H18N4. The molecule has 0 spiro atoms. The van der Waals surface area contributed by atoms with E-state index in [0.717, 1.165) is 31.9 Å². The van der Waals surface area contributed by atoms with E-state index in [1.165, 1.54) is 11.4 Å². The third kappa shape index (κ3) is 2.92. The molecule has 1 saturated heterocycles. The van der Waals surface area contributed by atoms with Gasteiger partial charge in [-0.1, -0.05) is 0 Å². The first-order valence-electron chi connectivity index (χ1n) is 7.12. The Morgan fingerprint density at radius 2 is 1.19 bits per heavy atom. The van der Waals surface area contributed by atoms with Crippen LogP contribution >= 0.6 is 0 Å². The Kier molecular flexibility index (Phi) is 3.65. The highest BCUT2D eigenvalue weighted by molar-refractivity contribution is 5.55. The van der Waals surface area contributed by atoms with Crippen molar-refractivity contribution >= 4 is 17.1 Å². The van der Waals surface area contributed by atoms with E-state index < -0.39 is 0 Å². The summed E-state index contributed by atoms with van der Waals surface area (Å²) in [5.74, 6) is 0. The minimum atomic E-state index is 0.708. The van der Waals surface area contributed by atoms with Gasteiger partial charge in [0.2, 0.25) is 0 Å². The fourth-order valence-electron chi connectivity index (χ4n) is 2.65. The van der Waals surface area contributed by atoms with Crippen LogP contribution in [0.5, 0.6) is 0 Å². The molecule has 0 unspecified atom stereocenters. The molecule has 0 saturated carbocycles. The highest BCUT2D eigenvalue weighted by Gasteiger charge is 2.17. The van der Waals surface area contributed by atoms with E-state index in [9.17, 15) is 0 Å². The SMILES string of the molecule is N#Cc1ccc(N2CCN(c3ccc(N)cc3)CC2)cc1. The standard InChI is InChI=1S/C17H18N4/c18-13-14-1-5-16(6-2-14)20-9-11-21(12-10-20)17-7-3-15(19)4-8-17/h1-8H,9-12,19H2. The largest absolute Gasteiger partial charge is 0.399 e. The second kappa shape index (κ2) is 5.76. The van der Waals surface area contributed by atoms with Crippen LogP contribution in [0.2, 0.25) is 0 Å². The Balaban J connectivity index is 1.64. The van der Waals surface area contributed by atoms with E-state index >= 15 is 0 Å². The summed E-state index contributed by atoms with van der Waals surface area (Å²) in [5.41, 5.74) is 9.65. The van der Waals surface area contributed by atoms with Crippen molar-refractivity contribution in [2.75, 3.05) is 41.7 Å². The second-order valence-electron chi connectivity index (χ2n) is 5.22. The zero-order valence-corrected chi connectivity index (χ0v) is 11.9. The lowest BCUT2D eigenvalue weighted by atomic mass is 10.2. The van der Waals surface area contributed by atoms with E-state index in [2.05, 4.69) is 28.0 Å². The smallest absolute Gasteiger partial charge is 0.0991 e. The minimum absolute atomic E-state index is 0.708. The molecule has 2 N–H and O–H groups in total. The van der Waals surface area contributed by atoms with Crippen LogP contribution in [0.15, 0.2) is 48.5 Å². The molecule has 0 radical (unpaired) electrons. The summed E-state index contributed by atoms with van der Waals surface area (Å²) >= 11 is 0. The van der Waals surface area contributed by atoms with Gasteiger partial charge in [-0.2, -0.15) is 5.26 Å². The number of rotatable bonds is 2. The molecular weight excluding hydrogens is 260 g/mol. The monoisotopic (exact) mass is 278 g/mol. The first-order valence-corrected chi connectivity index (χ1v) is 7.12. The number of nitriles is 1. The average molecular weight is 278 g/mol. The van der Waals surface area contributed by atoms with Gasteiger partial charge in [-0.15, -0.1) is 0 Å². The number of nitrogens with two attached hydrogens (primary N) is 1. The first-order chi connectivity index (χ1) is 10.3. The number of benzene rings is 2. The van der Waals surface area contributed by atoms with Gasteiger partial charge in [-0.25, -0.2) is 0 Å². The van der Waals surface area contributed by atoms with Crippen molar-refractivity contribution in [3.8, 4) is 6.07 Å². The van der Waals surface area contributed by atoms with Crippen LogP contribution in [0.1, 0.15) is 5.56 Å². The van der Waals surface area contributed by atoms with E-state index in [1.54, 1.807) is 0 Å². The van der Waals surface area contributed by atoms with E-state index in [-0.39, 0.29) is 0 Å². The van der Waals surface area contributed by atoms with Crippen molar-refractivity contribution in [2.45, 2.75) is 0 Å². The third-order valence-corrected chi connectivity index (χ3v) is 3.90. The van der Waals surface area contributed by atoms with Crippen LogP contribution in [0.3, 0.4) is 0 Å². The Morgan fingerprint density at radius 3 is 1.62 bits per heavy atom. The Hall–Kier alpha value is -2.67. The van der Waals surface area contributed by atoms with Gasteiger partial charge in [0.05, 0.1) is 11.6 Å². The highest BCUT2D eigenvalue weighted by atomic mass is 15.3. The van der Waals surface area contributed by atoms with Crippen LogP contribution < -0.4 is 15.5 Å². The quantitative estimate of drug-likeness (QED) is 0.857. The summed E-state index contributed by atoms with van der Waals surface area (Å²) in [7, 11) is 0. The van der Waals surface area contributed by atoms with Gasteiger partial charge < -0.3 is 15.5 Å². The third-order valence-electron chi connectivity index (χ3n) is 3.90. The maximum absolute atomic E-state index is 8.84. The summed E-state index contributed by atoms with van der Waals surface area (Å²) in [6.07, 6.45) is 0. The summed E-state index contributed by atoms with van der Waals surface area (Å²) in [6.45, 7) is 3.94. The Bertz CT molecular complexity index is 632. The van der Waals surface area contributed by atoms with Gasteiger partial charge in [-0.3, -0.25) is 0 Å². The average Bonchev–Trinajstić information content (AvgIpc) is 2.56. The fourth-order valence-corrected chi connectivity index (χ4v) is 2.65. The summed E-state index contributed by atoms with van der Waals surface area (Å²) < 4.78 is 0. The number of hydrogen-bond donors (Lipinski definition) is 1. The first kappa shape index (κ1) is 13.3. The van der Waals surface area contributed by atoms with Crippen molar-refractivity contribution in [3.05, 3.63) is 54.1 Å². The lowest BCUT2D eigenvalue weighted by Crippen LogP contribution is -2.46. The molecule has 2 aromatic carbocycles. The molecule has 106 valence electrons. The van der Waals surface area contributed by atoms with Crippen molar-refractivity contribution < 1.29 is 0 Å². The number of nitrogens with zero attached hydrogens (tertiary/aromatic N) is 3. The summed E-state index contributed by atoms with van der Waals surface area (Å²) in [5, 5.41) is 8.84. The lowest BCUT2D eigenvalue weighted by Gasteiger charge is -2.37. The molecule has 4 heteroatoms. The zero-order valence-electron chi connectivity index (χ0n) is 11.9. The molecule has 1 fully saturated rings. The molecule has 0 aromatic heterocycles. The van der Waals surface area contributed by atoms with Gasteiger partial charge in [-0.05, 0) is 48.5 Å². The number of piperazine rings is 1.